The smallest absolute Gasteiger partial charge is 0.321 e. The number of hydrogen-bond acceptors (Lipinski definition) is 3. The van der Waals surface area contributed by atoms with Crippen LogP contribution in [0.25, 0.3) is 0 Å². The first-order valence-electron chi connectivity index (χ1n) is 8.51. The molecule has 5 nitrogen and oxygen atoms in total. The van der Waals surface area contributed by atoms with Crippen molar-refractivity contribution in [3.8, 4) is 0 Å². The van der Waals surface area contributed by atoms with E-state index in [1.54, 1.807) is 6.92 Å². The van der Waals surface area contributed by atoms with Crippen LogP contribution in [0.1, 0.15) is 34.2 Å². The average Bonchev–Trinajstić information content (AvgIpc) is 2.99. The van der Waals surface area contributed by atoms with Crippen molar-refractivity contribution in [3.05, 3.63) is 46.5 Å². The Bertz CT molecular complexity index is 964. The fourth-order valence-corrected chi connectivity index (χ4v) is 2.64. The van der Waals surface area contributed by atoms with E-state index in [0.717, 1.165) is 18.2 Å². The van der Waals surface area contributed by atoms with E-state index in [1.165, 1.54) is 0 Å². The Kier molecular flexibility index (Phi) is 6.64. The highest BCUT2D eigenvalue weighted by Gasteiger charge is 2.64. The van der Waals surface area contributed by atoms with Gasteiger partial charge in [0.2, 0.25) is 0 Å². The van der Waals surface area contributed by atoms with E-state index in [2.05, 4.69) is 10.4 Å². The number of alkyl halides is 8. The van der Waals surface area contributed by atoms with Crippen LogP contribution in [-0.4, -0.2) is 28.4 Å². The molecule has 0 aliphatic carbocycles. The lowest BCUT2D eigenvalue weighted by atomic mass is 10.1. The Balaban J connectivity index is 2.53. The van der Waals surface area contributed by atoms with Crippen LogP contribution in [0, 0.1) is 5.82 Å². The van der Waals surface area contributed by atoms with Gasteiger partial charge in [-0.3, -0.25) is 9.48 Å². The van der Waals surface area contributed by atoms with Crippen LogP contribution in [0.2, 0.25) is 0 Å². The first kappa shape index (κ1) is 24.5. The quantitative estimate of drug-likeness (QED) is 0.618. The van der Waals surface area contributed by atoms with Gasteiger partial charge >= 0.3 is 18.3 Å². The number of halogens is 9. The van der Waals surface area contributed by atoms with Gasteiger partial charge in [-0.15, -0.1) is 0 Å². The van der Waals surface area contributed by atoms with Crippen molar-refractivity contribution in [2.45, 2.75) is 31.7 Å². The van der Waals surface area contributed by atoms with Gasteiger partial charge in [0.1, 0.15) is 17.1 Å². The molecule has 0 unspecified atom stereocenters. The van der Waals surface area contributed by atoms with Gasteiger partial charge < -0.3 is 10.6 Å². The number of nitrogens with one attached hydrogen (secondary N) is 2. The van der Waals surface area contributed by atoms with Crippen molar-refractivity contribution >= 4 is 11.6 Å². The van der Waals surface area contributed by atoms with Gasteiger partial charge in [-0.05, 0) is 24.7 Å². The molecule has 1 heterocycles. The molecule has 1 aromatic carbocycles. The zero-order chi connectivity index (χ0) is 23.8. The number of nitrogens with zero attached hydrogens (tertiary/aromatic N) is 2. The summed E-state index contributed by atoms with van der Waals surface area (Å²) in [4.78, 5) is 12.4. The first-order valence-corrected chi connectivity index (χ1v) is 8.51. The maximum Gasteiger partial charge on any atom is 0.459 e. The second kappa shape index (κ2) is 8.40. The highest BCUT2D eigenvalue weighted by atomic mass is 19.4. The van der Waals surface area contributed by atoms with Crippen molar-refractivity contribution in [2.75, 3.05) is 11.9 Å². The standard InChI is InChI=1S/C17H15F9N4O/c1-3-27-7-8-6-9(4-5-10(8)18)28-14(31)12-11(16(21,22)23)13(29-30(12)2)15(19,20)17(24,25)26/h4-6,27H,3,7H2,1-2H3,(H,28,31). The highest BCUT2D eigenvalue weighted by molar-refractivity contribution is 6.04. The maximum absolute atomic E-state index is 13.8. The van der Waals surface area contributed by atoms with E-state index in [4.69, 9.17) is 0 Å². The number of benzene rings is 1. The predicted octanol–water partition coefficient (Wildman–Crippen LogP) is 4.59. The van der Waals surface area contributed by atoms with Crippen molar-refractivity contribution < 1.29 is 44.3 Å². The first-order chi connectivity index (χ1) is 14.1. The summed E-state index contributed by atoms with van der Waals surface area (Å²) in [6, 6.07) is 2.96. The number of anilines is 1. The van der Waals surface area contributed by atoms with Gasteiger partial charge in [-0.1, -0.05) is 6.92 Å². The van der Waals surface area contributed by atoms with Gasteiger partial charge in [-0.25, -0.2) is 4.39 Å². The summed E-state index contributed by atoms with van der Waals surface area (Å²) < 4.78 is 119. The zero-order valence-electron chi connectivity index (χ0n) is 15.9. The SMILES string of the molecule is CCNCc1cc(NC(=O)c2c(C(F)(F)F)c(C(F)(F)C(F)(F)F)nn2C)ccc1F. The number of aromatic nitrogens is 2. The van der Waals surface area contributed by atoms with Crippen LogP contribution in [0.15, 0.2) is 18.2 Å². The second-order valence-corrected chi connectivity index (χ2v) is 6.31. The molecule has 31 heavy (non-hydrogen) atoms. The normalized spacial score (nSPS) is 12.9. The van der Waals surface area contributed by atoms with Crippen LogP contribution in [0.4, 0.5) is 45.2 Å². The molecule has 14 heteroatoms. The molecule has 2 N–H and O–H groups in total. The molecular weight excluding hydrogens is 447 g/mol. The van der Waals surface area contributed by atoms with E-state index in [0.29, 0.717) is 13.6 Å². The Morgan fingerprint density at radius 3 is 2.23 bits per heavy atom. The number of carbonyl (C=O) groups excluding carboxylic acids is 1. The lowest BCUT2D eigenvalue weighted by molar-refractivity contribution is -0.292. The van der Waals surface area contributed by atoms with E-state index in [-0.39, 0.29) is 22.5 Å². The number of hydrogen-bond donors (Lipinski definition) is 2. The third-order valence-electron chi connectivity index (χ3n) is 4.07. The summed E-state index contributed by atoms with van der Waals surface area (Å²) in [5.74, 6) is -8.32. The van der Waals surface area contributed by atoms with E-state index in [9.17, 15) is 44.3 Å². The molecule has 0 atom stereocenters. The molecule has 2 aromatic rings. The predicted molar refractivity (Wildman–Crippen MR) is 89.9 cm³/mol. The number of amides is 1. The van der Waals surface area contributed by atoms with Crippen LogP contribution < -0.4 is 10.6 Å². The Hall–Kier alpha value is -2.77. The van der Waals surface area contributed by atoms with Crippen molar-refractivity contribution in [2.24, 2.45) is 7.05 Å². The molecule has 1 amide bonds. The van der Waals surface area contributed by atoms with E-state index < -0.39 is 47.0 Å². The molecular formula is C17H15F9N4O. The molecule has 0 aliphatic rings. The van der Waals surface area contributed by atoms with E-state index >= 15 is 0 Å². The number of rotatable bonds is 6. The molecule has 0 saturated carbocycles. The number of aryl methyl sites for hydroxylation is 1. The highest BCUT2D eigenvalue weighted by Crippen LogP contribution is 2.48. The molecule has 0 aliphatic heterocycles. The molecule has 2 rings (SSSR count). The third kappa shape index (κ3) is 4.94. The van der Waals surface area contributed by atoms with Crippen LogP contribution in [0.5, 0.6) is 0 Å². The van der Waals surface area contributed by atoms with E-state index in [1.807, 2.05) is 5.32 Å². The molecule has 0 fully saturated rings. The average molecular weight is 462 g/mol. The summed E-state index contributed by atoms with van der Waals surface area (Å²) >= 11 is 0. The third-order valence-corrected chi connectivity index (χ3v) is 4.07. The summed E-state index contributed by atoms with van der Waals surface area (Å²) in [5.41, 5.74) is -6.91. The Labute approximate surface area is 169 Å². The van der Waals surface area contributed by atoms with Gasteiger partial charge in [0.25, 0.3) is 5.91 Å². The molecule has 0 bridgehead atoms. The minimum Gasteiger partial charge on any atom is -0.321 e. The fourth-order valence-electron chi connectivity index (χ4n) is 2.64. The van der Waals surface area contributed by atoms with Crippen LogP contribution >= 0.6 is 0 Å². The summed E-state index contributed by atoms with van der Waals surface area (Å²) in [7, 11) is 0.612. The molecule has 0 saturated heterocycles. The van der Waals surface area contributed by atoms with Crippen molar-refractivity contribution in [3.63, 3.8) is 0 Å². The zero-order valence-corrected chi connectivity index (χ0v) is 15.9. The minimum atomic E-state index is -6.38. The van der Waals surface area contributed by atoms with Gasteiger partial charge in [0.15, 0.2) is 5.69 Å². The van der Waals surface area contributed by atoms with Gasteiger partial charge in [-0.2, -0.15) is 40.2 Å². The summed E-state index contributed by atoms with van der Waals surface area (Å²) in [6.45, 7) is 2.18. The molecule has 0 spiro atoms. The van der Waals surface area contributed by atoms with Crippen LogP contribution in [0.3, 0.4) is 0 Å². The maximum atomic E-state index is 13.8. The van der Waals surface area contributed by atoms with Crippen LogP contribution in [-0.2, 0) is 25.7 Å². The molecule has 0 radical (unpaired) electrons. The monoisotopic (exact) mass is 462 g/mol. The summed E-state index contributed by atoms with van der Waals surface area (Å²) in [5, 5.41) is 7.37. The Morgan fingerprint density at radius 1 is 1.10 bits per heavy atom. The second-order valence-electron chi connectivity index (χ2n) is 6.31. The fraction of sp³-hybridized carbons (Fsp3) is 0.412. The summed E-state index contributed by atoms with van der Waals surface area (Å²) in [6.07, 6.45) is -12.1. The van der Waals surface area contributed by atoms with Crippen molar-refractivity contribution in [1.29, 1.82) is 0 Å². The lowest BCUT2D eigenvalue weighted by Crippen LogP contribution is -2.36. The lowest BCUT2D eigenvalue weighted by Gasteiger charge is -2.19. The van der Waals surface area contributed by atoms with Gasteiger partial charge in [0, 0.05) is 24.8 Å². The topological polar surface area (TPSA) is 58.9 Å². The largest absolute Gasteiger partial charge is 0.459 e. The van der Waals surface area contributed by atoms with Gasteiger partial charge in [0.05, 0.1) is 0 Å². The Morgan fingerprint density at radius 2 is 1.71 bits per heavy atom. The molecule has 1 aromatic heterocycles. The number of carbonyl (C=O) groups is 1. The van der Waals surface area contributed by atoms with Crippen molar-refractivity contribution in [1.82, 2.24) is 15.1 Å². The molecule has 172 valence electrons. The minimum absolute atomic E-state index is 0.00745.